The van der Waals surface area contributed by atoms with E-state index in [-0.39, 0.29) is 0 Å². The number of hydrazine groups is 1. The van der Waals surface area contributed by atoms with Crippen LogP contribution in [0.25, 0.3) is 10.9 Å². The van der Waals surface area contributed by atoms with E-state index in [0.717, 1.165) is 75.4 Å². The smallest absolute Gasteiger partial charge is 0.226 e. The Morgan fingerprint density at radius 1 is 0.837 bits per heavy atom. The highest BCUT2D eigenvalue weighted by Crippen LogP contribution is 2.22. The van der Waals surface area contributed by atoms with Crippen molar-refractivity contribution >= 4 is 34.3 Å². The summed E-state index contributed by atoms with van der Waals surface area (Å²) in [6, 6.07) is 21.8. The van der Waals surface area contributed by atoms with Crippen molar-refractivity contribution in [2.45, 2.75) is 57.7 Å². The first-order valence-corrected chi connectivity index (χ1v) is 15.9. The van der Waals surface area contributed by atoms with Gasteiger partial charge in [-0.1, -0.05) is 61.7 Å². The van der Waals surface area contributed by atoms with E-state index in [9.17, 15) is 0 Å². The summed E-state index contributed by atoms with van der Waals surface area (Å²) in [5.41, 5.74) is 13.3. The third-order valence-electron chi connectivity index (χ3n) is 8.52. The van der Waals surface area contributed by atoms with Crippen LogP contribution in [0.15, 0.2) is 60.7 Å². The fraction of sp³-hybridized carbons (Fsp3) is 0.455. The Morgan fingerprint density at radius 2 is 1.60 bits per heavy atom. The Morgan fingerprint density at radius 3 is 2.40 bits per heavy atom. The normalized spacial score (nSPS) is 16.5. The maximum absolute atomic E-state index is 6.18. The summed E-state index contributed by atoms with van der Waals surface area (Å²) in [6.45, 7) is 7.09. The van der Waals surface area contributed by atoms with Crippen molar-refractivity contribution in [3.63, 3.8) is 0 Å². The van der Waals surface area contributed by atoms with Gasteiger partial charge in [-0.25, -0.2) is 5.01 Å². The summed E-state index contributed by atoms with van der Waals surface area (Å²) in [5, 5.41) is 14.1. The largest absolute Gasteiger partial charge is 0.383 e. The predicted octanol–water partition coefficient (Wildman–Crippen LogP) is 4.70. The Bertz CT molecular complexity index is 1390. The Kier molecular flexibility index (Phi) is 9.89. The van der Waals surface area contributed by atoms with Gasteiger partial charge in [-0.2, -0.15) is 9.97 Å². The SMILES string of the molecule is Nc1cc(N2CCN(Nc3cc4ccccc4[nH]3)CC2)nc(NCc2ccc(CNCCCNC3CCCCC3)cc2)n1. The molecule has 0 unspecified atom stereocenters. The number of hydrogen-bond acceptors (Lipinski definition) is 9. The molecule has 10 heteroatoms. The van der Waals surface area contributed by atoms with Gasteiger partial charge < -0.3 is 37.0 Å². The number of hydrogen-bond donors (Lipinski definition) is 6. The molecule has 3 heterocycles. The minimum atomic E-state index is 0.474. The summed E-state index contributed by atoms with van der Waals surface area (Å²) in [7, 11) is 0. The number of piperazine rings is 1. The quantitative estimate of drug-likeness (QED) is 0.125. The molecule has 0 amide bonds. The van der Waals surface area contributed by atoms with Gasteiger partial charge in [0.25, 0.3) is 0 Å². The molecule has 7 N–H and O–H groups in total. The molecule has 6 rings (SSSR count). The average molecular weight is 583 g/mol. The number of rotatable bonds is 13. The van der Waals surface area contributed by atoms with Crippen LogP contribution in [0, 0.1) is 0 Å². The van der Waals surface area contributed by atoms with Gasteiger partial charge in [0.2, 0.25) is 5.95 Å². The van der Waals surface area contributed by atoms with E-state index in [0.29, 0.717) is 18.3 Å². The first kappa shape index (κ1) is 29.2. The van der Waals surface area contributed by atoms with E-state index in [1.54, 1.807) is 0 Å². The molecule has 228 valence electrons. The van der Waals surface area contributed by atoms with E-state index >= 15 is 0 Å². The number of para-hydroxylation sites is 1. The predicted molar refractivity (Wildman–Crippen MR) is 177 cm³/mol. The number of nitrogens with zero attached hydrogens (tertiary/aromatic N) is 4. The van der Waals surface area contributed by atoms with Crippen LogP contribution in [0.5, 0.6) is 0 Å². The zero-order valence-corrected chi connectivity index (χ0v) is 25.1. The molecule has 1 aliphatic carbocycles. The first-order chi connectivity index (χ1) is 21.2. The highest BCUT2D eigenvalue weighted by atomic mass is 15.5. The summed E-state index contributed by atoms with van der Waals surface area (Å²) in [5.74, 6) is 2.90. The average Bonchev–Trinajstić information content (AvgIpc) is 3.45. The van der Waals surface area contributed by atoms with Crippen LogP contribution in [0.2, 0.25) is 0 Å². The lowest BCUT2D eigenvalue weighted by Gasteiger charge is -2.35. The molecule has 43 heavy (non-hydrogen) atoms. The fourth-order valence-electron chi connectivity index (χ4n) is 6.06. The molecule has 2 aliphatic rings. The summed E-state index contributed by atoms with van der Waals surface area (Å²) >= 11 is 0. The van der Waals surface area contributed by atoms with Crippen LogP contribution in [0.4, 0.5) is 23.4 Å². The maximum Gasteiger partial charge on any atom is 0.226 e. The molecule has 0 bridgehead atoms. The second kappa shape index (κ2) is 14.5. The number of nitrogens with one attached hydrogen (secondary N) is 5. The molecule has 1 aliphatic heterocycles. The topological polar surface area (TPSA) is 122 Å². The van der Waals surface area contributed by atoms with E-state index in [1.165, 1.54) is 48.6 Å². The van der Waals surface area contributed by atoms with Crippen molar-refractivity contribution in [1.29, 1.82) is 0 Å². The fourth-order valence-corrected chi connectivity index (χ4v) is 6.06. The second-order valence-electron chi connectivity index (χ2n) is 11.8. The van der Waals surface area contributed by atoms with E-state index in [4.69, 9.17) is 10.7 Å². The molecule has 0 spiro atoms. The molecule has 0 atom stereocenters. The van der Waals surface area contributed by atoms with Crippen molar-refractivity contribution in [1.82, 2.24) is 30.6 Å². The zero-order valence-electron chi connectivity index (χ0n) is 25.1. The summed E-state index contributed by atoms with van der Waals surface area (Å²) < 4.78 is 0. The van der Waals surface area contributed by atoms with Crippen LogP contribution < -0.4 is 32.0 Å². The summed E-state index contributed by atoms with van der Waals surface area (Å²) in [4.78, 5) is 14.9. The highest BCUT2D eigenvalue weighted by molar-refractivity contribution is 5.83. The number of nitrogens with two attached hydrogens (primary N) is 1. The second-order valence-corrected chi connectivity index (χ2v) is 11.8. The van der Waals surface area contributed by atoms with E-state index in [1.807, 2.05) is 12.1 Å². The number of aromatic amines is 1. The first-order valence-electron chi connectivity index (χ1n) is 15.9. The number of benzene rings is 2. The van der Waals surface area contributed by atoms with Crippen molar-refractivity contribution < 1.29 is 0 Å². The standard InChI is InChI=1S/C33H46N10/c34-30-22-32(42-17-19-43(20-18-42)41-31-21-27-7-4-5-10-29(27)38-31)40-33(39-30)37-24-26-13-11-25(12-14-26)23-35-15-6-16-36-28-8-2-1-3-9-28/h4-5,7,10-14,21-22,28,35-36,38,41H,1-3,6,8-9,15-20,23-24H2,(H3,34,37,39,40). The van der Waals surface area contributed by atoms with Crippen LogP contribution in [0.3, 0.4) is 0 Å². The van der Waals surface area contributed by atoms with Crippen LogP contribution in [0.1, 0.15) is 49.7 Å². The lowest BCUT2D eigenvalue weighted by molar-refractivity contribution is 0.306. The lowest BCUT2D eigenvalue weighted by atomic mass is 9.95. The minimum Gasteiger partial charge on any atom is -0.383 e. The van der Waals surface area contributed by atoms with Gasteiger partial charge in [0.1, 0.15) is 17.5 Å². The molecular formula is C33H46N10. The van der Waals surface area contributed by atoms with Crippen molar-refractivity contribution in [3.05, 3.63) is 71.8 Å². The monoisotopic (exact) mass is 582 g/mol. The Hall–Kier alpha value is -3.86. The van der Waals surface area contributed by atoms with Crippen LogP contribution >= 0.6 is 0 Å². The van der Waals surface area contributed by atoms with E-state index < -0.39 is 0 Å². The van der Waals surface area contributed by atoms with Crippen molar-refractivity contribution in [2.75, 3.05) is 60.6 Å². The lowest BCUT2D eigenvalue weighted by Crippen LogP contribution is -2.49. The summed E-state index contributed by atoms with van der Waals surface area (Å²) in [6.07, 6.45) is 8.05. The molecule has 0 radical (unpaired) electrons. The minimum absolute atomic E-state index is 0.474. The van der Waals surface area contributed by atoms with E-state index in [2.05, 4.69) is 89.8 Å². The number of fused-ring (bicyclic) bond motifs is 1. The highest BCUT2D eigenvalue weighted by Gasteiger charge is 2.20. The van der Waals surface area contributed by atoms with Gasteiger partial charge in [-0.05, 0) is 55.6 Å². The maximum atomic E-state index is 6.18. The number of aromatic nitrogens is 3. The molecular weight excluding hydrogens is 536 g/mol. The van der Waals surface area contributed by atoms with Crippen molar-refractivity contribution in [2.24, 2.45) is 0 Å². The molecule has 2 aromatic heterocycles. The Balaban J connectivity index is 0.918. The Labute approximate surface area is 254 Å². The van der Waals surface area contributed by atoms with Crippen molar-refractivity contribution in [3.8, 4) is 0 Å². The molecule has 1 saturated carbocycles. The van der Waals surface area contributed by atoms with Gasteiger partial charge in [0, 0.05) is 62.3 Å². The number of H-pyrrole nitrogens is 1. The van der Waals surface area contributed by atoms with Gasteiger partial charge >= 0.3 is 0 Å². The number of anilines is 4. The molecule has 2 fully saturated rings. The van der Waals surface area contributed by atoms with Crippen LogP contribution in [-0.2, 0) is 13.1 Å². The third kappa shape index (κ3) is 8.37. The van der Waals surface area contributed by atoms with Gasteiger partial charge in [-0.15, -0.1) is 0 Å². The zero-order chi connectivity index (χ0) is 29.3. The molecule has 1 saturated heterocycles. The van der Waals surface area contributed by atoms with Gasteiger partial charge in [0.15, 0.2) is 0 Å². The van der Waals surface area contributed by atoms with Crippen LogP contribution in [-0.4, -0.2) is 65.3 Å². The molecule has 2 aromatic carbocycles. The number of nitrogen functional groups attached to an aromatic ring is 1. The van der Waals surface area contributed by atoms with Gasteiger partial charge in [0.05, 0.1) is 0 Å². The third-order valence-corrected chi connectivity index (χ3v) is 8.52. The molecule has 4 aromatic rings. The molecule has 10 nitrogen and oxygen atoms in total. The van der Waals surface area contributed by atoms with Gasteiger partial charge in [-0.3, -0.25) is 0 Å².